The van der Waals surface area contributed by atoms with Crippen molar-refractivity contribution in [2.24, 2.45) is 5.10 Å². The summed E-state index contributed by atoms with van der Waals surface area (Å²) >= 11 is 0. The molecule has 1 amide bonds. The fourth-order valence-electron chi connectivity index (χ4n) is 2.97. The van der Waals surface area contributed by atoms with Crippen molar-refractivity contribution in [1.29, 1.82) is 0 Å². The maximum atomic E-state index is 12.3. The first kappa shape index (κ1) is 15.8. The van der Waals surface area contributed by atoms with E-state index >= 15 is 0 Å². The zero-order valence-electron chi connectivity index (χ0n) is 13.9. The number of hydrazone groups is 1. The Hall–Kier alpha value is -3.66. The Morgan fingerprint density at radius 2 is 1.54 bits per heavy atom. The molecule has 0 fully saturated rings. The molecule has 126 valence electrons. The Balaban J connectivity index is 1.58. The van der Waals surface area contributed by atoms with Crippen LogP contribution >= 0.6 is 0 Å². The van der Waals surface area contributed by atoms with E-state index in [0.29, 0.717) is 11.1 Å². The van der Waals surface area contributed by atoms with Crippen LogP contribution in [0.1, 0.15) is 15.9 Å². The highest BCUT2D eigenvalue weighted by atomic mass is 16.3. The van der Waals surface area contributed by atoms with Crippen LogP contribution in [0, 0.1) is 0 Å². The number of carbonyl (C=O) groups excluding carboxylic acids is 1. The molecule has 0 unspecified atom stereocenters. The molecule has 0 heterocycles. The minimum Gasteiger partial charge on any atom is -0.507 e. The first-order valence-electron chi connectivity index (χ1n) is 8.25. The fourth-order valence-corrected chi connectivity index (χ4v) is 2.97. The van der Waals surface area contributed by atoms with Crippen LogP contribution in [0.5, 0.6) is 5.75 Å². The Labute approximate surface area is 150 Å². The number of phenolic OH excluding ortho intramolecular Hbond substituents is 1. The number of amides is 1. The maximum Gasteiger partial charge on any atom is 0.271 e. The largest absolute Gasteiger partial charge is 0.507 e. The summed E-state index contributed by atoms with van der Waals surface area (Å²) < 4.78 is 0. The van der Waals surface area contributed by atoms with Gasteiger partial charge >= 0.3 is 0 Å². The number of benzene rings is 4. The van der Waals surface area contributed by atoms with Gasteiger partial charge in [-0.25, -0.2) is 5.43 Å². The third-order valence-electron chi connectivity index (χ3n) is 4.32. The molecule has 4 aromatic rings. The molecule has 0 aliphatic rings. The van der Waals surface area contributed by atoms with Crippen molar-refractivity contribution in [3.05, 3.63) is 90.0 Å². The lowest BCUT2D eigenvalue weighted by Crippen LogP contribution is -2.17. The van der Waals surface area contributed by atoms with Crippen LogP contribution < -0.4 is 5.43 Å². The predicted octanol–water partition coefficient (Wildman–Crippen LogP) is 4.46. The zero-order valence-corrected chi connectivity index (χ0v) is 13.9. The lowest BCUT2D eigenvalue weighted by molar-refractivity contribution is 0.0955. The summed E-state index contributed by atoms with van der Waals surface area (Å²) in [6, 6.07) is 24.5. The molecule has 0 saturated carbocycles. The number of carbonyl (C=O) groups is 1. The van der Waals surface area contributed by atoms with E-state index < -0.39 is 0 Å². The first-order valence-corrected chi connectivity index (χ1v) is 8.25. The van der Waals surface area contributed by atoms with Crippen LogP contribution in [0.25, 0.3) is 21.5 Å². The molecule has 0 aliphatic carbocycles. The Morgan fingerprint density at radius 1 is 0.846 bits per heavy atom. The minimum atomic E-state index is -0.299. The van der Waals surface area contributed by atoms with Gasteiger partial charge in [-0.05, 0) is 39.7 Å². The van der Waals surface area contributed by atoms with Gasteiger partial charge in [0, 0.05) is 11.1 Å². The molecule has 0 aromatic heterocycles. The quantitative estimate of drug-likeness (QED) is 0.427. The van der Waals surface area contributed by atoms with Crippen molar-refractivity contribution in [2.45, 2.75) is 0 Å². The molecule has 0 bridgehead atoms. The number of fused-ring (bicyclic) bond motifs is 2. The number of hydrogen-bond acceptors (Lipinski definition) is 3. The van der Waals surface area contributed by atoms with E-state index in [-0.39, 0.29) is 11.7 Å². The molecule has 0 radical (unpaired) electrons. The van der Waals surface area contributed by atoms with Crippen molar-refractivity contribution in [1.82, 2.24) is 5.43 Å². The van der Waals surface area contributed by atoms with E-state index in [4.69, 9.17) is 0 Å². The van der Waals surface area contributed by atoms with Gasteiger partial charge in [0.1, 0.15) is 5.75 Å². The summed E-state index contributed by atoms with van der Waals surface area (Å²) in [5, 5.41) is 18.1. The van der Waals surface area contributed by atoms with E-state index in [9.17, 15) is 9.90 Å². The van der Waals surface area contributed by atoms with Crippen LogP contribution in [0.3, 0.4) is 0 Å². The normalized spacial score (nSPS) is 11.2. The van der Waals surface area contributed by atoms with Gasteiger partial charge in [-0.1, -0.05) is 60.7 Å². The van der Waals surface area contributed by atoms with Crippen LogP contribution in [0.4, 0.5) is 0 Å². The third kappa shape index (κ3) is 3.00. The summed E-state index contributed by atoms with van der Waals surface area (Å²) in [7, 11) is 0. The second kappa shape index (κ2) is 6.69. The highest BCUT2D eigenvalue weighted by molar-refractivity contribution is 6.03. The second-order valence-corrected chi connectivity index (χ2v) is 5.98. The van der Waals surface area contributed by atoms with Gasteiger partial charge in [-0.15, -0.1) is 0 Å². The molecule has 0 spiro atoms. The highest BCUT2D eigenvalue weighted by Gasteiger charge is 2.07. The molecular formula is C22H16N2O2. The number of nitrogens with zero attached hydrogens (tertiary/aromatic N) is 1. The number of phenols is 1. The summed E-state index contributed by atoms with van der Waals surface area (Å²) in [5.74, 6) is -0.181. The van der Waals surface area contributed by atoms with E-state index in [1.807, 2.05) is 66.7 Å². The van der Waals surface area contributed by atoms with Gasteiger partial charge in [-0.3, -0.25) is 4.79 Å². The van der Waals surface area contributed by atoms with Crippen molar-refractivity contribution < 1.29 is 9.90 Å². The smallest absolute Gasteiger partial charge is 0.271 e. The Kier molecular flexibility index (Phi) is 4.07. The average molecular weight is 340 g/mol. The van der Waals surface area contributed by atoms with Crippen LogP contribution in [-0.2, 0) is 0 Å². The number of aromatic hydroxyl groups is 1. The maximum absolute atomic E-state index is 12.3. The Morgan fingerprint density at radius 3 is 2.38 bits per heavy atom. The molecule has 4 aromatic carbocycles. The van der Waals surface area contributed by atoms with Gasteiger partial charge in [0.25, 0.3) is 5.91 Å². The van der Waals surface area contributed by atoms with Crippen molar-refractivity contribution in [2.75, 3.05) is 0 Å². The molecule has 0 saturated heterocycles. The number of hydrogen-bond donors (Lipinski definition) is 2. The molecule has 0 aliphatic heterocycles. The molecule has 26 heavy (non-hydrogen) atoms. The highest BCUT2D eigenvalue weighted by Crippen LogP contribution is 2.25. The SMILES string of the molecule is O=C(NN=Cc1c(O)ccc2ccccc12)c1ccc2ccccc2c1. The summed E-state index contributed by atoms with van der Waals surface area (Å²) in [6.45, 7) is 0. The second-order valence-electron chi connectivity index (χ2n) is 5.98. The lowest BCUT2D eigenvalue weighted by Gasteiger charge is -2.05. The van der Waals surface area contributed by atoms with Gasteiger partial charge in [0.2, 0.25) is 0 Å². The molecular weight excluding hydrogens is 324 g/mol. The average Bonchev–Trinajstić information content (AvgIpc) is 2.69. The summed E-state index contributed by atoms with van der Waals surface area (Å²) in [5.41, 5.74) is 3.63. The molecule has 4 heteroatoms. The van der Waals surface area contributed by atoms with E-state index in [2.05, 4.69) is 10.5 Å². The van der Waals surface area contributed by atoms with Crippen molar-refractivity contribution in [3.63, 3.8) is 0 Å². The van der Waals surface area contributed by atoms with Gasteiger partial charge in [0.05, 0.1) is 6.21 Å². The topological polar surface area (TPSA) is 61.7 Å². The molecule has 2 N–H and O–H groups in total. The monoisotopic (exact) mass is 340 g/mol. The standard InChI is InChI=1S/C22H16N2O2/c25-21-12-11-16-6-3-4-8-19(16)20(21)14-23-24-22(26)18-10-9-15-5-1-2-7-17(15)13-18/h1-14,25H,(H,24,26). The molecule has 4 nitrogen and oxygen atoms in total. The van der Waals surface area contributed by atoms with Crippen molar-refractivity contribution in [3.8, 4) is 5.75 Å². The molecule has 4 rings (SSSR count). The van der Waals surface area contributed by atoms with Crippen LogP contribution in [0.2, 0.25) is 0 Å². The third-order valence-corrected chi connectivity index (χ3v) is 4.32. The minimum absolute atomic E-state index is 0.118. The van der Waals surface area contributed by atoms with Crippen LogP contribution in [0.15, 0.2) is 84.0 Å². The van der Waals surface area contributed by atoms with Crippen LogP contribution in [-0.4, -0.2) is 17.2 Å². The Bertz CT molecular complexity index is 1150. The number of nitrogens with one attached hydrogen (secondary N) is 1. The fraction of sp³-hybridized carbons (Fsp3) is 0. The lowest BCUT2D eigenvalue weighted by atomic mass is 10.0. The van der Waals surface area contributed by atoms with E-state index in [1.54, 1.807) is 12.1 Å². The number of rotatable bonds is 3. The molecule has 0 atom stereocenters. The van der Waals surface area contributed by atoms with Gasteiger partial charge in [-0.2, -0.15) is 5.10 Å². The van der Waals surface area contributed by atoms with Gasteiger partial charge < -0.3 is 5.11 Å². The van der Waals surface area contributed by atoms with E-state index in [0.717, 1.165) is 21.5 Å². The van der Waals surface area contributed by atoms with Gasteiger partial charge in [0.15, 0.2) is 0 Å². The van der Waals surface area contributed by atoms with Crippen molar-refractivity contribution >= 4 is 33.7 Å². The zero-order chi connectivity index (χ0) is 17.9. The summed E-state index contributed by atoms with van der Waals surface area (Å²) in [4.78, 5) is 12.3. The summed E-state index contributed by atoms with van der Waals surface area (Å²) in [6.07, 6.45) is 1.47. The first-order chi connectivity index (χ1) is 12.7. The van der Waals surface area contributed by atoms with E-state index in [1.165, 1.54) is 6.21 Å². The predicted molar refractivity (Wildman–Crippen MR) is 105 cm³/mol.